The minimum absolute atomic E-state index is 0.0490. The molecule has 2 rings (SSSR count). The lowest BCUT2D eigenvalue weighted by molar-refractivity contribution is -0.117. The first-order valence-corrected chi connectivity index (χ1v) is 6.22. The number of amides is 1. The van der Waals surface area contributed by atoms with Crippen LogP contribution in [0.5, 0.6) is 5.75 Å². The molecule has 1 N–H and O–H groups in total. The van der Waals surface area contributed by atoms with E-state index in [0.29, 0.717) is 10.9 Å². The Bertz CT molecular complexity index is 492. The summed E-state index contributed by atoms with van der Waals surface area (Å²) in [4.78, 5) is 13.4. The van der Waals surface area contributed by atoms with Crippen molar-refractivity contribution in [3.63, 3.8) is 0 Å². The Labute approximate surface area is 113 Å². The van der Waals surface area contributed by atoms with Crippen LogP contribution in [0, 0.1) is 0 Å². The van der Waals surface area contributed by atoms with Gasteiger partial charge in [-0.25, -0.2) is 0 Å². The van der Waals surface area contributed by atoms with E-state index in [4.69, 9.17) is 17.0 Å². The fourth-order valence-corrected chi connectivity index (χ4v) is 2.54. The van der Waals surface area contributed by atoms with Gasteiger partial charge in [-0.05, 0) is 53.3 Å². The lowest BCUT2D eigenvalue weighted by atomic mass is 10.2. The fourth-order valence-electron chi connectivity index (χ4n) is 1.64. The van der Waals surface area contributed by atoms with Crippen molar-refractivity contribution in [2.24, 2.45) is 0 Å². The van der Waals surface area contributed by atoms with Crippen LogP contribution in [0.1, 0.15) is 6.92 Å². The Morgan fingerprint density at radius 2 is 2.24 bits per heavy atom. The number of benzene rings is 1. The maximum absolute atomic E-state index is 11.9. The molecule has 0 radical (unpaired) electrons. The van der Waals surface area contributed by atoms with Crippen LogP contribution in [0.2, 0.25) is 0 Å². The van der Waals surface area contributed by atoms with Crippen molar-refractivity contribution in [1.29, 1.82) is 0 Å². The van der Waals surface area contributed by atoms with Crippen LogP contribution < -0.4 is 15.0 Å². The van der Waals surface area contributed by atoms with E-state index in [2.05, 4.69) is 21.2 Å². The third-order valence-corrected chi connectivity index (χ3v) is 3.45. The number of ether oxygens (including phenoxy) is 1. The Morgan fingerprint density at radius 1 is 1.53 bits per heavy atom. The van der Waals surface area contributed by atoms with Gasteiger partial charge in [-0.15, -0.1) is 0 Å². The van der Waals surface area contributed by atoms with Crippen LogP contribution in [0.4, 0.5) is 5.69 Å². The molecule has 1 amide bonds. The summed E-state index contributed by atoms with van der Waals surface area (Å²) in [5.74, 6) is 0.666. The summed E-state index contributed by atoms with van der Waals surface area (Å²) in [5, 5.41) is 3.35. The van der Waals surface area contributed by atoms with Crippen LogP contribution in [0.3, 0.4) is 0 Å². The second-order valence-electron chi connectivity index (χ2n) is 3.66. The summed E-state index contributed by atoms with van der Waals surface area (Å²) in [5.41, 5.74) is 0.726. The highest BCUT2D eigenvalue weighted by atomic mass is 79.9. The number of rotatable bonds is 2. The third-order valence-electron chi connectivity index (χ3n) is 2.53. The number of carbonyl (C=O) groups is 1. The monoisotopic (exact) mass is 314 g/mol. The molecule has 1 heterocycles. The van der Waals surface area contributed by atoms with Crippen molar-refractivity contribution in [1.82, 2.24) is 5.32 Å². The van der Waals surface area contributed by atoms with Gasteiger partial charge in [0.05, 0.1) is 17.3 Å². The van der Waals surface area contributed by atoms with Crippen LogP contribution in [0.25, 0.3) is 0 Å². The molecule has 6 heteroatoms. The number of hydrogen-bond acceptors (Lipinski definition) is 3. The van der Waals surface area contributed by atoms with Crippen LogP contribution >= 0.6 is 28.1 Å². The lowest BCUT2D eigenvalue weighted by Crippen LogP contribution is -2.30. The second-order valence-corrected chi connectivity index (χ2v) is 4.90. The summed E-state index contributed by atoms with van der Waals surface area (Å²) in [6.45, 7) is 1.78. The Kier molecular flexibility index (Phi) is 3.35. The summed E-state index contributed by atoms with van der Waals surface area (Å²) in [7, 11) is 1.59. The molecule has 0 aromatic heterocycles. The Hall–Kier alpha value is -1.14. The average Bonchev–Trinajstić information content (AvgIpc) is 2.53. The molecule has 1 aromatic rings. The Balaban J connectivity index is 2.38. The summed E-state index contributed by atoms with van der Waals surface area (Å²) in [6.07, 6.45) is 0. The molecule has 1 atom stereocenters. The number of halogens is 1. The number of hydrogen-bond donors (Lipinski definition) is 1. The first-order chi connectivity index (χ1) is 8.04. The first-order valence-electron chi connectivity index (χ1n) is 5.02. The largest absolute Gasteiger partial charge is 0.496 e. The van der Waals surface area contributed by atoms with E-state index in [1.807, 2.05) is 6.07 Å². The number of anilines is 1. The van der Waals surface area contributed by atoms with E-state index in [-0.39, 0.29) is 11.9 Å². The van der Waals surface area contributed by atoms with E-state index in [1.165, 1.54) is 4.90 Å². The van der Waals surface area contributed by atoms with E-state index in [1.54, 1.807) is 26.2 Å². The highest BCUT2D eigenvalue weighted by Gasteiger charge is 2.33. The second kappa shape index (κ2) is 4.62. The third kappa shape index (κ3) is 2.14. The van der Waals surface area contributed by atoms with Gasteiger partial charge >= 0.3 is 0 Å². The highest BCUT2D eigenvalue weighted by molar-refractivity contribution is 9.10. The van der Waals surface area contributed by atoms with Crippen LogP contribution in [-0.2, 0) is 4.79 Å². The zero-order valence-corrected chi connectivity index (χ0v) is 11.8. The van der Waals surface area contributed by atoms with Gasteiger partial charge in [0.2, 0.25) is 0 Å². The molecule has 1 saturated heterocycles. The molecule has 90 valence electrons. The minimum Gasteiger partial charge on any atom is -0.496 e. The van der Waals surface area contributed by atoms with Crippen LogP contribution in [-0.4, -0.2) is 24.2 Å². The SMILES string of the molecule is COc1ccc(N2C(=O)C(C)NC2=S)cc1Br. The standard InChI is InChI=1S/C11H11BrN2O2S/c1-6-10(15)14(11(17)13-6)7-3-4-9(16-2)8(12)5-7/h3-6H,1-2H3,(H,13,17). The topological polar surface area (TPSA) is 41.6 Å². The molecule has 4 nitrogen and oxygen atoms in total. The van der Waals surface area contributed by atoms with E-state index in [9.17, 15) is 4.79 Å². The molecule has 0 spiro atoms. The number of carbonyl (C=O) groups excluding carboxylic acids is 1. The summed E-state index contributed by atoms with van der Waals surface area (Å²) < 4.78 is 5.92. The molecule has 1 unspecified atom stereocenters. The molecular weight excluding hydrogens is 304 g/mol. The molecule has 0 aliphatic carbocycles. The predicted molar refractivity (Wildman–Crippen MR) is 73.4 cm³/mol. The van der Waals surface area contributed by atoms with E-state index in [0.717, 1.165) is 10.2 Å². The van der Waals surface area contributed by atoms with Gasteiger partial charge in [0.15, 0.2) is 5.11 Å². The van der Waals surface area contributed by atoms with Gasteiger partial charge in [-0.1, -0.05) is 0 Å². The van der Waals surface area contributed by atoms with Crippen molar-refractivity contribution in [2.75, 3.05) is 12.0 Å². The van der Waals surface area contributed by atoms with Gasteiger partial charge in [0.1, 0.15) is 11.8 Å². The zero-order chi connectivity index (χ0) is 12.6. The van der Waals surface area contributed by atoms with Crippen molar-refractivity contribution < 1.29 is 9.53 Å². The molecule has 17 heavy (non-hydrogen) atoms. The maximum Gasteiger partial charge on any atom is 0.255 e. The van der Waals surface area contributed by atoms with Crippen molar-refractivity contribution in [2.45, 2.75) is 13.0 Å². The van der Waals surface area contributed by atoms with Gasteiger partial charge < -0.3 is 10.1 Å². The van der Waals surface area contributed by atoms with Gasteiger partial charge in [0, 0.05) is 0 Å². The molecule has 0 bridgehead atoms. The fraction of sp³-hybridized carbons (Fsp3) is 0.273. The number of nitrogens with one attached hydrogen (secondary N) is 1. The predicted octanol–water partition coefficient (Wildman–Crippen LogP) is 2.07. The van der Waals surface area contributed by atoms with E-state index >= 15 is 0 Å². The molecule has 1 aliphatic heterocycles. The van der Waals surface area contributed by atoms with Crippen molar-refractivity contribution >= 4 is 44.9 Å². The van der Waals surface area contributed by atoms with E-state index < -0.39 is 0 Å². The smallest absolute Gasteiger partial charge is 0.255 e. The summed E-state index contributed by atoms with van der Waals surface area (Å²) in [6, 6.07) is 5.12. The van der Waals surface area contributed by atoms with Gasteiger partial charge in [-0.2, -0.15) is 0 Å². The van der Waals surface area contributed by atoms with Crippen molar-refractivity contribution in [3.05, 3.63) is 22.7 Å². The summed E-state index contributed by atoms with van der Waals surface area (Å²) >= 11 is 8.51. The highest BCUT2D eigenvalue weighted by Crippen LogP contribution is 2.30. The normalized spacial score (nSPS) is 19.5. The molecule has 1 aromatic carbocycles. The minimum atomic E-state index is -0.275. The maximum atomic E-state index is 11.9. The number of methoxy groups -OCH3 is 1. The van der Waals surface area contributed by atoms with Crippen molar-refractivity contribution in [3.8, 4) is 5.75 Å². The number of thiocarbonyl (C=S) groups is 1. The zero-order valence-electron chi connectivity index (χ0n) is 9.36. The molecular formula is C11H11BrN2O2S. The van der Waals surface area contributed by atoms with Gasteiger partial charge in [0.25, 0.3) is 5.91 Å². The lowest BCUT2D eigenvalue weighted by Gasteiger charge is -2.16. The Morgan fingerprint density at radius 3 is 2.71 bits per heavy atom. The average molecular weight is 315 g/mol. The van der Waals surface area contributed by atoms with Gasteiger partial charge in [-0.3, -0.25) is 9.69 Å². The first kappa shape index (κ1) is 12.3. The molecule has 0 saturated carbocycles. The van der Waals surface area contributed by atoms with Crippen LogP contribution in [0.15, 0.2) is 22.7 Å². The molecule has 1 aliphatic rings. The molecule has 1 fully saturated rings. The quantitative estimate of drug-likeness (QED) is 0.849. The number of nitrogens with zero attached hydrogens (tertiary/aromatic N) is 1.